The van der Waals surface area contributed by atoms with Crippen LogP contribution in [0.15, 0.2) is 47.0 Å². The van der Waals surface area contributed by atoms with Crippen molar-refractivity contribution in [3.05, 3.63) is 47.0 Å². The van der Waals surface area contributed by atoms with Gasteiger partial charge >= 0.3 is 13.6 Å². The SMILES string of the molecule is C.CC(=O)C=C1CCOCC1.CC(=O)CC1=CCOCC1.CCOC(=O)C1C(O)=CC(=O)CC12CCOCC2.COP(=O)(CC(C)=O)OC.O=C1C=C(O)CC2(CCOCC2)C1.O=C1CCOCC1. The zero-order chi connectivity index (χ0) is 50.6. The number of rotatable bonds is 9. The molecule has 1 atom stereocenters. The number of hydrogen-bond donors (Lipinski definition) is 2. The summed E-state index contributed by atoms with van der Waals surface area (Å²) in [5, 5.41) is 19.3. The molecule has 4 saturated heterocycles. The van der Waals surface area contributed by atoms with Gasteiger partial charge < -0.3 is 47.7 Å². The molecule has 0 bridgehead atoms. The van der Waals surface area contributed by atoms with Gasteiger partial charge in [0.05, 0.1) is 52.0 Å². The number of allylic oxidation sites excluding steroid dienone is 4. The normalized spacial score (nSPS) is 21.5. The first-order valence-corrected chi connectivity index (χ1v) is 25.0. The number of aliphatic hydroxyl groups is 2. The van der Waals surface area contributed by atoms with E-state index in [1.54, 1.807) is 26.8 Å². The van der Waals surface area contributed by atoms with Crippen LogP contribution in [-0.4, -0.2) is 144 Å². The maximum absolute atomic E-state index is 12.0. The Bertz CT molecular complexity index is 1830. The fourth-order valence-electron chi connectivity index (χ4n) is 8.35. The monoisotopic (exact) mass is 999 g/mol. The molecule has 2 N–H and O–H groups in total. The lowest BCUT2D eigenvalue weighted by molar-refractivity contribution is -0.157. The van der Waals surface area contributed by atoms with Crippen LogP contribution < -0.4 is 0 Å². The third-order valence-corrected chi connectivity index (χ3v) is 13.8. The van der Waals surface area contributed by atoms with Gasteiger partial charge in [-0.3, -0.25) is 38.1 Å². The van der Waals surface area contributed by atoms with Crippen molar-refractivity contribution in [3.63, 3.8) is 0 Å². The minimum absolute atomic E-state index is 0. The smallest absolute Gasteiger partial charge is 0.337 e. The summed E-state index contributed by atoms with van der Waals surface area (Å²) in [5.41, 5.74) is 1.95. The van der Waals surface area contributed by atoms with E-state index in [0.29, 0.717) is 83.8 Å². The predicted octanol–water partition coefficient (Wildman–Crippen LogP) is 7.65. The lowest BCUT2D eigenvalue weighted by atomic mass is 9.63. The molecule has 0 amide bonds. The van der Waals surface area contributed by atoms with Gasteiger partial charge in [0, 0.05) is 96.7 Å². The van der Waals surface area contributed by atoms with Gasteiger partial charge in [-0.15, -0.1) is 0 Å². The van der Waals surface area contributed by atoms with Crippen molar-refractivity contribution in [1.82, 2.24) is 0 Å². The first-order chi connectivity index (χ1) is 32.3. The third kappa shape index (κ3) is 25.1. The minimum atomic E-state index is -3.09. The van der Waals surface area contributed by atoms with Crippen molar-refractivity contribution in [3.8, 4) is 0 Å². The van der Waals surface area contributed by atoms with Crippen LogP contribution in [0.2, 0.25) is 0 Å². The molecule has 7 rings (SSSR count). The van der Waals surface area contributed by atoms with Crippen molar-refractivity contribution < 1.29 is 85.8 Å². The average Bonchev–Trinajstić information content (AvgIpc) is 3.28. The summed E-state index contributed by atoms with van der Waals surface area (Å²) in [6.07, 6.45) is 15.3. The van der Waals surface area contributed by atoms with E-state index in [1.807, 2.05) is 6.08 Å². The second kappa shape index (κ2) is 33.6. The van der Waals surface area contributed by atoms with Gasteiger partial charge in [-0.1, -0.05) is 24.6 Å². The Balaban J connectivity index is 0.000000423. The predicted molar refractivity (Wildman–Crippen MR) is 257 cm³/mol. The first-order valence-electron chi connectivity index (χ1n) is 23.3. The number of carbonyl (C=O) groups excluding carboxylic acids is 7. The van der Waals surface area contributed by atoms with Gasteiger partial charge in [-0.2, -0.15) is 0 Å². The van der Waals surface area contributed by atoms with Crippen LogP contribution >= 0.6 is 7.60 Å². The molecule has 0 saturated carbocycles. The Morgan fingerprint density at radius 2 is 1.23 bits per heavy atom. The van der Waals surface area contributed by atoms with Gasteiger partial charge in [-0.25, -0.2) is 0 Å². The minimum Gasteiger partial charge on any atom is -0.512 e. The van der Waals surface area contributed by atoms with E-state index >= 15 is 0 Å². The van der Waals surface area contributed by atoms with Gasteiger partial charge in [0.15, 0.2) is 17.3 Å². The fraction of sp³-hybridized carbons (Fsp3) is 0.700. The first kappa shape index (κ1) is 63.0. The summed E-state index contributed by atoms with van der Waals surface area (Å²) in [5.74, 6) is -0.617. The summed E-state index contributed by atoms with van der Waals surface area (Å²) in [7, 11) is -0.572. The molecule has 2 aliphatic carbocycles. The zero-order valence-corrected chi connectivity index (χ0v) is 41.8. The van der Waals surface area contributed by atoms with E-state index in [2.05, 4.69) is 9.05 Å². The van der Waals surface area contributed by atoms with Crippen LogP contribution in [0, 0.1) is 16.7 Å². The highest BCUT2D eigenvalue weighted by atomic mass is 31.2. The van der Waals surface area contributed by atoms with E-state index < -0.39 is 24.9 Å². The Hall–Kier alpha value is -4.00. The van der Waals surface area contributed by atoms with E-state index in [4.69, 9.17) is 28.4 Å². The molecular weight excluding hydrogens is 920 g/mol. The number of carbonyl (C=O) groups is 7. The molecule has 5 aliphatic heterocycles. The van der Waals surface area contributed by atoms with Gasteiger partial charge in [-0.05, 0) is 84.1 Å². The number of Topliss-reactive ketones (excluding diaryl/α,β-unsaturated/α-hetero) is 3. The van der Waals surface area contributed by atoms with Gasteiger partial charge in [0.25, 0.3) is 0 Å². The second-order valence-electron chi connectivity index (χ2n) is 17.5. The van der Waals surface area contributed by atoms with Crippen LogP contribution in [0.1, 0.15) is 119 Å². The standard InChI is InChI=1S/C13H18O5.C10H14O3.2C8H12O2.C5H11O4P.C5H8O2.CH4/c1-2-18-12(16)11-10(15)7-9(14)8-13(11)3-5-17-6-4-13;11-8-5-9(12)7-10(6-8)1-3-13-4-2-10;2*1-7(9)6-8-2-4-10-5-3-8;1-5(6)4-10(7,8-2)9-3;6-5-1-3-7-4-2-5;/h7,11,15H,2-6,8H2,1H3;5,11H,1-4,6-7H2;6H,2-5H2,1H3;2H,3-6H2,1H3;4H2,1-3H3;1-4H2;1H4. The molecule has 19 heteroatoms. The molecule has 392 valence electrons. The molecule has 0 aromatic rings. The zero-order valence-electron chi connectivity index (χ0n) is 40.9. The molecule has 4 fully saturated rings. The fourth-order valence-corrected chi connectivity index (χ4v) is 9.30. The molecule has 0 radical (unpaired) electrons. The molecule has 0 aromatic carbocycles. The summed E-state index contributed by atoms with van der Waals surface area (Å²) in [6, 6.07) is 0. The van der Waals surface area contributed by atoms with Gasteiger partial charge in [0.1, 0.15) is 35.2 Å². The average molecular weight is 999 g/mol. The molecule has 2 spiro atoms. The van der Waals surface area contributed by atoms with E-state index in [0.717, 1.165) is 71.2 Å². The van der Waals surface area contributed by atoms with Crippen molar-refractivity contribution in [2.24, 2.45) is 16.7 Å². The Kier molecular flexibility index (Phi) is 30.6. The third-order valence-electron chi connectivity index (χ3n) is 11.8. The Morgan fingerprint density at radius 3 is 1.67 bits per heavy atom. The highest BCUT2D eigenvalue weighted by Gasteiger charge is 2.50. The number of ether oxygens (including phenoxy) is 6. The molecule has 0 aromatic heterocycles. The highest BCUT2D eigenvalue weighted by Crippen LogP contribution is 2.48. The molecule has 7 aliphatic rings. The highest BCUT2D eigenvalue weighted by molar-refractivity contribution is 7.54. The maximum atomic E-state index is 12.0. The van der Waals surface area contributed by atoms with E-state index in [1.165, 1.54) is 38.4 Å². The lowest BCUT2D eigenvalue weighted by Crippen LogP contribution is -2.46. The summed E-state index contributed by atoms with van der Waals surface area (Å²) in [6.45, 7) is 13.3. The van der Waals surface area contributed by atoms with E-state index in [9.17, 15) is 48.3 Å². The molecular formula is C50H79O18P. The topological polar surface area (TPSA) is 251 Å². The quantitative estimate of drug-likeness (QED) is 0.0973. The maximum Gasteiger partial charge on any atom is 0.337 e. The molecule has 5 heterocycles. The van der Waals surface area contributed by atoms with Crippen molar-refractivity contribution in [1.29, 1.82) is 0 Å². The van der Waals surface area contributed by atoms with Crippen LogP contribution in [0.25, 0.3) is 0 Å². The number of aliphatic hydroxyl groups excluding tert-OH is 2. The Morgan fingerprint density at radius 1 is 0.710 bits per heavy atom. The number of hydrogen-bond acceptors (Lipinski definition) is 18. The van der Waals surface area contributed by atoms with Crippen molar-refractivity contribution in [2.45, 2.75) is 119 Å². The Labute approximate surface area is 408 Å². The molecule has 69 heavy (non-hydrogen) atoms. The van der Waals surface area contributed by atoms with Crippen LogP contribution in [0.4, 0.5) is 0 Å². The summed E-state index contributed by atoms with van der Waals surface area (Å²) < 4.78 is 50.8. The van der Waals surface area contributed by atoms with Gasteiger partial charge in [0.2, 0.25) is 0 Å². The molecule has 1 unspecified atom stereocenters. The summed E-state index contributed by atoms with van der Waals surface area (Å²) in [4.78, 5) is 77.0. The number of ketones is 6. The number of esters is 1. The van der Waals surface area contributed by atoms with E-state index in [-0.39, 0.29) is 72.5 Å². The second-order valence-corrected chi connectivity index (χ2v) is 19.8. The van der Waals surface area contributed by atoms with Crippen molar-refractivity contribution in [2.75, 3.05) is 93.1 Å². The summed E-state index contributed by atoms with van der Waals surface area (Å²) >= 11 is 0. The van der Waals surface area contributed by atoms with Crippen molar-refractivity contribution >= 4 is 48.3 Å². The van der Waals surface area contributed by atoms with Crippen LogP contribution in [-0.2, 0) is 75.6 Å². The van der Waals surface area contributed by atoms with Crippen LogP contribution in [0.3, 0.4) is 0 Å². The molecule has 18 nitrogen and oxygen atoms in total. The largest absolute Gasteiger partial charge is 0.512 e. The van der Waals surface area contributed by atoms with Crippen LogP contribution in [0.5, 0.6) is 0 Å². The lowest BCUT2D eigenvalue weighted by Gasteiger charge is -2.43.